The zero-order valence-electron chi connectivity index (χ0n) is 13.9. The second-order valence-corrected chi connectivity index (χ2v) is 5.23. The molecule has 3 rings (SSSR count). The molecule has 0 saturated heterocycles. The number of hydrogen-bond donors (Lipinski definition) is 0. The molecule has 0 fully saturated rings. The molecular weight excluding hydrogens is 366 g/mol. The monoisotopic (exact) mass is 383 g/mol. The van der Waals surface area contributed by atoms with E-state index in [4.69, 9.17) is 0 Å². The van der Waals surface area contributed by atoms with Gasteiger partial charge in [-0.15, -0.1) is 11.4 Å². The zero-order valence-corrected chi connectivity index (χ0v) is 14.9. The first-order valence-electron chi connectivity index (χ1n) is 7.51. The number of aromatic nitrogens is 3. The second-order valence-electron chi connectivity index (χ2n) is 5.23. The van der Waals surface area contributed by atoms with Gasteiger partial charge in [0.2, 0.25) is 0 Å². The van der Waals surface area contributed by atoms with Gasteiger partial charge in [0.25, 0.3) is 0 Å². The molecule has 0 atom stereocenters. The van der Waals surface area contributed by atoms with E-state index in [1.165, 1.54) is 13.8 Å². The Morgan fingerprint density at radius 1 is 0.800 bits per heavy atom. The van der Waals surface area contributed by atoms with E-state index >= 15 is 0 Å². The number of nitrogens with zero attached hydrogens (tertiary/aromatic N) is 3. The standard InChI is InChI=1S/C14H10N3.C5H8O2.Cu/c1-3-9-15-11(5-1)13-7-8-14(17-13)12-6-2-4-10-16-12;1-4(6)3-5(2)7;/h1-10H;3H2,1-2H3;/q-1;;+1. The Morgan fingerprint density at radius 3 is 1.52 bits per heavy atom. The fourth-order valence-electron chi connectivity index (χ4n) is 2.03. The van der Waals surface area contributed by atoms with Crippen LogP contribution < -0.4 is 4.98 Å². The molecule has 0 aliphatic carbocycles. The molecule has 25 heavy (non-hydrogen) atoms. The topological polar surface area (TPSA) is 74.0 Å². The zero-order chi connectivity index (χ0) is 17.4. The summed E-state index contributed by atoms with van der Waals surface area (Å²) in [5.74, 6) is -0.125. The summed E-state index contributed by atoms with van der Waals surface area (Å²) in [5.41, 5.74) is 3.53. The van der Waals surface area contributed by atoms with Crippen LogP contribution in [-0.4, -0.2) is 21.5 Å². The van der Waals surface area contributed by atoms with Crippen molar-refractivity contribution in [2.24, 2.45) is 0 Å². The van der Waals surface area contributed by atoms with Crippen molar-refractivity contribution in [2.75, 3.05) is 0 Å². The Bertz CT molecular complexity index is 736. The Balaban J connectivity index is 0.000000339. The Hall–Kier alpha value is -2.56. The largest absolute Gasteiger partial charge is 1.00 e. The smallest absolute Gasteiger partial charge is 0.654 e. The predicted octanol–water partition coefficient (Wildman–Crippen LogP) is 3.32. The minimum Gasteiger partial charge on any atom is -0.654 e. The van der Waals surface area contributed by atoms with Gasteiger partial charge >= 0.3 is 17.1 Å². The van der Waals surface area contributed by atoms with Crippen LogP contribution >= 0.6 is 0 Å². The van der Waals surface area contributed by atoms with Gasteiger partial charge in [-0.25, -0.2) is 0 Å². The van der Waals surface area contributed by atoms with Gasteiger partial charge in [0.1, 0.15) is 11.6 Å². The summed E-state index contributed by atoms with van der Waals surface area (Å²) >= 11 is 0. The summed E-state index contributed by atoms with van der Waals surface area (Å²) < 4.78 is 0. The number of carbonyl (C=O) groups excluding carboxylic acids is 2. The van der Waals surface area contributed by atoms with Crippen molar-refractivity contribution in [1.82, 2.24) is 15.0 Å². The Kier molecular flexibility index (Phi) is 8.47. The Labute approximate surface area is 157 Å². The maximum Gasteiger partial charge on any atom is 1.00 e. The van der Waals surface area contributed by atoms with Crippen molar-refractivity contribution in [1.29, 1.82) is 0 Å². The first kappa shape index (κ1) is 20.5. The number of carbonyl (C=O) groups is 2. The SMILES string of the molecule is CC(=O)CC(C)=O.[Cu+].c1ccc(-c2ccc(-c3ccccn3)[n-]2)nc1. The Morgan fingerprint density at radius 2 is 1.24 bits per heavy atom. The van der Waals surface area contributed by atoms with Crippen LogP contribution in [0.25, 0.3) is 22.8 Å². The number of hydrogen-bond acceptors (Lipinski definition) is 4. The van der Waals surface area contributed by atoms with Crippen LogP contribution in [0.1, 0.15) is 20.3 Å². The van der Waals surface area contributed by atoms with Crippen LogP contribution in [0.5, 0.6) is 0 Å². The molecule has 0 bridgehead atoms. The molecule has 5 nitrogen and oxygen atoms in total. The fourth-order valence-corrected chi connectivity index (χ4v) is 2.03. The molecule has 0 radical (unpaired) electrons. The minimum absolute atomic E-state index is 0. The molecule has 0 aromatic carbocycles. The van der Waals surface area contributed by atoms with Crippen molar-refractivity contribution in [2.45, 2.75) is 20.3 Å². The van der Waals surface area contributed by atoms with Gasteiger partial charge in [0, 0.05) is 23.8 Å². The molecule has 3 heterocycles. The first-order valence-corrected chi connectivity index (χ1v) is 7.51. The number of Topliss-reactive ketones (excluding diaryl/α,β-unsaturated/α-hetero) is 2. The van der Waals surface area contributed by atoms with E-state index in [-0.39, 0.29) is 35.1 Å². The van der Waals surface area contributed by atoms with Crippen LogP contribution in [-0.2, 0) is 26.7 Å². The molecule has 132 valence electrons. The van der Waals surface area contributed by atoms with E-state index < -0.39 is 0 Å². The van der Waals surface area contributed by atoms with Crippen molar-refractivity contribution in [3.63, 3.8) is 0 Å². The van der Waals surface area contributed by atoms with Crippen LogP contribution in [0.3, 0.4) is 0 Å². The molecule has 3 aromatic rings. The predicted molar refractivity (Wildman–Crippen MR) is 92.2 cm³/mol. The van der Waals surface area contributed by atoms with Gasteiger partial charge in [-0.1, -0.05) is 24.3 Å². The van der Waals surface area contributed by atoms with Crippen molar-refractivity contribution in [3.8, 4) is 22.8 Å². The second kappa shape index (κ2) is 10.3. The van der Waals surface area contributed by atoms with Crippen LogP contribution in [0.15, 0.2) is 60.9 Å². The van der Waals surface area contributed by atoms with E-state index in [1.807, 2.05) is 48.5 Å². The molecule has 0 unspecified atom stereocenters. The van der Waals surface area contributed by atoms with Crippen molar-refractivity contribution in [3.05, 3.63) is 60.9 Å². The summed E-state index contributed by atoms with van der Waals surface area (Å²) in [6.07, 6.45) is 3.62. The van der Waals surface area contributed by atoms with Crippen LogP contribution in [0.2, 0.25) is 0 Å². The molecule has 3 aromatic heterocycles. The molecule has 0 aliphatic heterocycles. The minimum atomic E-state index is -0.0625. The van der Waals surface area contributed by atoms with Crippen molar-refractivity contribution >= 4 is 11.6 Å². The van der Waals surface area contributed by atoms with E-state index in [0.29, 0.717) is 0 Å². The van der Waals surface area contributed by atoms with Gasteiger partial charge in [-0.05, 0) is 38.1 Å². The number of pyridine rings is 2. The average molecular weight is 384 g/mol. The molecule has 6 heteroatoms. The summed E-state index contributed by atoms with van der Waals surface area (Å²) in [6, 6.07) is 15.5. The van der Waals surface area contributed by atoms with Gasteiger partial charge in [-0.3, -0.25) is 19.6 Å². The maximum atomic E-state index is 10.0. The van der Waals surface area contributed by atoms with E-state index in [9.17, 15) is 9.59 Å². The van der Waals surface area contributed by atoms with E-state index in [2.05, 4.69) is 15.0 Å². The van der Waals surface area contributed by atoms with Gasteiger partial charge in [-0.2, -0.15) is 0 Å². The summed E-state index contributed by atoms with van der Waals surface area (Å²) in [6.45, 7) is 2.81. The van der Waals surface area contributed by atoms with E-state index in [0.717, 1.165) is 22.8 Å². The molecule has 0 aliphatic rings. The van der Waals surface area contributed by atoms with Gasteiger partial charge in [0.15, 0.2) is 0 Å². The molecule has 0 saturated carbocycles. The average Bonchev–Trinajstić information content (AvgIpc) is 3.06. The third-order valence-corrected chi connectivity index (χ3v) is 2.99. The fraction of sp³-hybridized carbons (Fsp3) is 0.158. The van der Waals surface area contributed by atoms with Crippen LogP contribution in [0, 0.1) is 0 Å². The van der Waals surface area contributed by atoms with E-state index in [1.54, 1.807) is 12.4 Å². The third-order valence-electron chi connectivity index (χ3n) is 2.99. The van der Waals surface area contributed by atoms with Crippen LogP contribution in [0.4, 0.5) is 0 Å². The maximum absolute atomic E-state index is 10.0. The normalized spacial score (nSPS) is 9.36. The summed E-state index contributed by atoms with van der Waals surface area (Å²) in [5, 5.41) is 0. The quantitative estimate of drug-likeness (QED) is 0.510. The molecule has 0 spiro atoms. The number of ketones is 2. The molecular formula is C19H18CuN3O2. The molecule has 0 amide bonds. The molecule has 0 N–H and O–H groups in total. The van der Waals surface area contributed by atoms with Crippen molar-refractivity contribution < 1.29 is 26.7 Å². The summed E-state index contributed by atoms with van der Waals surface area (Å²) in [4.78, 5) is 33.1. The first-order chi connectivity index (χ1) is 11.6. The van der Waals surface area contributed by atoms with Gasteiger partial charge in [0.05, 0.1) is 6.42 Å². The van der Waals surface area contributed by atoms with Gasteiger partial charge < -0.3 is 4.98 Å². The number of rotatable bonds is 4. The third kappa shape index (κ3) is 6.83. The summed E-state index contributed by atoms with van der Waals surface area (Å²) in [7, 11) is 0.